The van der Waals surface area contributed by atoms with Crippen LogP contribution in [0.5, 0.6) is 5.75 Å². The molecule has 0 radical (unpaired) electrons. The van der Waals surface area contributed by atoms with Crippen molar-refractivity contribution in [3.63, 3.8) is 0 Å². The molecule has 3 nitrogen and oxygen atoms in total. The van der Waals surface area contributed by atoms with Gasteiger partial charge in [-0.25, -0.2) is 0 Å². The van der Waals surface area contributed by atoms with Crippen LogP contribution in [0.1, 0.15) is 37.7 Å². The summed E-state index contributed by atoms with van der Waals surface area (Å²) in [7, 11) is 1.68. The summed E-state index contributed by atoms with van der Waals surface area (Å²) in [5.41, 5.74) is 7.28. The van der Waals surface area contributed by atoms with E-state index in [0.717, 1.165) is 28.6 Å². The van der Waals surface area contributed by atoms with Crippen LogP contribution in [0, 0.1) is 0 Å². The molecule has 1 fully saturated rings. The SMILES string of the molecule is COc1ccc(Br)cc1COCC1(N)CCCCC1. The fraction of sp³-hybridized carbons (Fsp3) is 0.600. The molecule has 1 aromatic carbocycles. The van der Waals surface area contributed by atoms with Crippen molar-refractivity contribution in [1.29, 1.82) is 0 Å². The molecule has 0 saturated heterocycles. The van der Waals surface area contributed by atoms with E-state index < -0.39 is 0 Å². The molecule has 1 aromatic rings. The highest BCUT2D eigenvalue weighted by Crippen LogP contribution is 2.28. The number of nitrogens with two attached hydrogens (primary N) is 1. The average molecular weight is 328 g/mol. The zero-order chi connectivity index (χ0) is 13.7. The van der Waals surface area contributed by atoms with Gasteiger partial charge in [0, 0.05) is 15.6 Å². The van der Waals surface area contributed by atoms with E-state index in [2.05, 4.69) is 15.9 Å². The van der Waals surface area contributed by atoms with Gasteiger partial charge in [-0.05, 0) is 31.0 Å². The molecule has 106 valence electrons. The Morgan fingerprint density at radius 3 is 2.68 bits per heavy atom. The Bertz CT molecular complexity index is 417. The highest BCUT2D eigenvalue weighted by molar-refractivity contribution is 9.10. The number of hydrogen-bond acceptors (Lipinski definition) is 3. The standard InChI is InChI=1S/C15H22BrNO2/c1-18-14-6-5-13(16)9-12(14)10-19-11-15(17)7-3-2-4-8-15/h5-6,9H,2-4,7-8,10-11,17H2,1H3. The molecule has 4 heteroatoms. The molecule has 1 aliphatic rings. The summed E-state index contributed by atoms with van der Waals surface area (Å²) in [5, 5.41) is 0. The summed E-state index contributed by atoms with van der Waals surface area (Å²) in [4.78, 5) is 0. The average Bonchev–Trinajstić information content (AvgIpc) is 2.40. The van der Waals surface area contributed by atoms with Gasteiger partial charge < -0.3 is 15.2 Å². The third-order valence-electron chi connectivity index (χ3n) is 3.74. The quantitative estimate of drug-likeness (QED) is 0.897. The molecule has 0 amide bonds. The van der Waals surface area contributed by atoms with Crippen molar-refractivity contribution >= 4 is 15.9 Å². The number of benzene rings is 1. The van der Waals surface area contributed by atoms with E-state index >= 15 is 0 Å². The minimum absolute atomic E-state index is 0.127. The van der Waals surface area contributed by atoms with Gasteiger partial charge in [0.2, 0.25) is 0 Å². The first-order valence-corrected chi connectivity index (χ1v) is 7.61. The number of ether oxygens (including phenoxy) is 2. The number of hydrogen-bond donors (Lipinski definition) is 1. The Morgan fingerprint density at radius 1 is 1.26 bits per heavy atom. The minimum Gasteiger partial charge on any atom is -0.496 e. The number of methoxy groups -OCH3 is 1. The zero-order valence-corrected chi connectivity index (χ0v) is 13.0. The zero-order valence-electron chi connectivity index (χ0n) is 11.5. The normalized spacial score (nSPS) is 18.3. The lowest BCUT2D eigenvalue weighted by Gasteiger charge is -2.33. The first-order chi connectivity index (χ1) is 9.13. The molecule has 0 bridgehead atoms. The molecule has 0 atom stereocenters. The molecule has 0 aromatic heterocycles. The van der Waals surface area contributed by atoms with Gasteiger partial charge in [-0.2, -0.15) is 0 Å². The van der Waals surface area contributed by atoms with Crippen molar-refractivity contribution in [3.8, 4) is 5.75 Å². The van der Waals surface area contributed by atoms with Crippen LogP contribution in [0.2, 0.25) is 0 Å². The first-order valence-electron chi connectivity index (χ1n) is 6.82. The van der Waals surface area contributed by atoms with E-state index in [1.807, 2.05) is 18.2 Å². The van der Waals surface area contributed by atoms with E-state index in [0.29, 0.717) is 13.2 Å². The van der Waals surface area contributed by atoms with Crippen molar-refractivity contribution < 1.29 is 9.47 Å². The molecule has 0 spiro atoms. The van der Waals surface area contributed by atoms with Crippen LogP contribution in [0.15, 0.2) is 22.7 Å². The molecular formula is C15H22BrNO2. The van der Waals surface area contributed by atoms with Crippen LogP contribution >= 0.6 is 15.9 Å². The van der Waals surface area contributed by atoms with Crippen molar-refractivity contribution in [2.75, 3.05) is 13.7 Å². The van der Waals surface area contributed by atoms with Crippen molar-refractivity contribution in [3.05, 3.63) is 28.2 Å². The smallest absolute Gasteiger partial charge is 0.124 e. The highest BCUT2D eigenvalue weighted by Gasteiger charge is 2.27. The topological polar surface area (TPSA) is 44.5 Å². The van der Waals surface area contributed by atoms with Gasteiger partial charge >= 0.3 is 0 Å². The maximum Gasteiger partial charge on any atom is 0.124 e. The second-order valence-corrected chi connectivity index (χ2v) is 6.29. The van der Waals surface area contributed by atoms with Gasteiger partial charge in [0.25, 0.3) is 0 Å². The van der Waals surface area contributed by atoms with Gasteiger partial charge in [-0.3, -0.25) is 0 Å². The van der Waals surface area contributed by atoms with Gasteiger partial charge in [-0.15, -0.1) is 0 Å². The fourth-order valence-electron chi connectivity index (χ4n) is 2.62. The van der Waals surface area contributed by atoms with Crippen LogP contribution in [0.3, 0.4) is 0 Å². The maximum atomic E-state index is 6.36. The third kappa shape index (κ3) is 4.20. The number of halogens is 1. The van der Waals surface area contributed by atoms with Gasteiger partial charge in [0.1, 0.15) is 5.75 Å². The largest absolute Gasteiger partial charge is 0.496 e. The van der Waals surface area contributed by atoms with Crippen LogP contribution in [0.25, 0.3) is 0 Å². The first kappa shape index (κ1) is 14.8. The third-order valence-corrected chi connectivity index (χ3v) is 4.23. The Morgan fingerprint density at radius 2 is 2.00 bits per heavy atom. The summed E-state index contributed by atoms with van der Waals surface area (Å²) >= 11 is 3.47. The van der Waals surface area contributed by atoms with Gasteiger partial charge in [-0.1, -0.05) is 35.2 Å². The summed E-state index contributed by atoms with van der Waals surface area (Å²) in [5.74, 6) is 0.859. The molecule has 0 aliphatic heterocycles. The Balaban J connectivity index is 1.90. The lowest BCUT2D eigenvalue weighted by Crippen LogP contribution is -2.46. The molecule has 2 rings (SSSR count). The van der Waals surface area contributed by atoms with E-state index in [9.17, 15) is 0 Å². The van der Waals surface area contributed by atoms with Crippen molar-refractivity contribution in [2.24, 2.45) is 5.73 Å². The number of rotatable bonds is 5. The summed E-state index contributed by atoms with van der Waals surface area (Å²) in [6.07, 6.45) is 5.89. The molecular weight excluding hydrogens is 306 g/mol. The second-order valence-electron chi connectivity index (χ2n) is 5.37. The van der Waals surface area contributed by atoms with Crippen LogP contribution in [0.4, 0.5) is 0 Å². The van der Waals surface area contributed by atoms with E-state index in [-0.39, 0.29) is 5.54 Å². The molecule has 0 unspecified atom stereocenters. The predicted molar refractivity (Wildman–Crippen MR) is 80.4 cm³/mol. The van der Waals surface area contributed by atoms with E-state index in [4.69, 9.17) is 15.2 Å². The molecule has 1 aliphatic carbocycles. The van der Waals surface area contributed by atoms with Gasteiger partial charge in [0.05, 0.1) is 20.3 Å². The Hall–Kier alpha value is -0.580. The monoisotopic (exact) mass is 327 g/mol. The minimum atomic E-state index is -0.127. The van der Waals surface area contributed by atoms with Gasteiger partial charge in [0.15, 0.2) is 0 Å². The summed E-state index contributed by atoms with van der Waals surface area (Å²) < 4.78 is 12.2. The van der Waals surface area contributed by atoms with Crippen LogP contribution in [-0.2, 0) is 11.3 Å². The van der Waals surface area contributed by atoms with Crippen molar-refractivity contribution in [2.45, 2.75) is 44.2 Å². The fourth-order valence-corrected chi connectivity index (χ4v) is 3.03. The molecule has 19 heavy (non-hydrogen) atoms. The Labute approximate surface area is 123 Å². The summed E-state index contributed by atoms with van der Waals surface area (Å²) in [6.45, 7) is 1.17. The van der Waals surface area contributed by atoms with E-state index in [1.54, 1.807) is 7.11 Å². The molecule has 0 heterocycles. The second kappa shape index (κ2) is 6.73. The Kier molecular flexibility index (Phi) is 5.25. The maximum absolute atomic E-state index is 6.36. The lowest BCUT2D eigenvalue weighted by molar-refractivity contribution is 0.0564. The summed E-state index contributed by atoms with van der Waals surface area (Å²) in [6, 6.07) is 5.94. The lowest BCUT2D eigenvalue weighted by atomic mass is 9.83. The molecule has 2 N–H and O–H groups in total. The highest BCUT2D eigenvalue weighted by atomic mass is 79.9. The van der Waals surface area contributed by atoms with Crippen LogP contribution < -0.4 is 10.5 Å². The van der Waals surface area contributed by atoms with Crippen LogP contribution in [-0.4, -0.2) is 19.3 Å². The molecule has 1 saturated carbocycles. The van der Waals surface area contributed by atoms with Crippen molar-refractivity contribution in [1.82, 2.24) is 0 Å². The van der Waals surface area contributed by atoms with E-state index in [1.165, 1.54) is 19.3 Å². The predicted octanol–water partition coefficient (Wildman–Crippen LogP) is 3.64.